The molecule has 4 rings (SSSR count). The molecule has 4 heterocycles. The number of hydrogen-bond donors (Lipinski definition) is 2. The molecule has 9 nitrogen and oxygen atoms in total. The Kier molecular flexibility index (Phi) is 4.34. The van der Waals surface area contributed by atoms with Crippen LogP contribution in [0.2, 0.25) is 0 Å². The van der Waals surface area contributed by atoms with Crippen molar-refractivity contribution in [1.29, 1.82) is 0 Å². The Bertz CT molecular complexity index is 863. The molecule has 0 saturated carbocycles. The number of nitrogen functional groups attached to an aromatic ring is 1. The van der Waals surface area contributed by atoms with Gasteiger partial charge >= 0.3 is 0 Å². The zero-order valence-electron chi connectivity index (χ0n) is 14.6. The van der Waals surface area contributed by atoms with Crippen LogP contribution in [0.1, 0.15) is 17.1 Å². The molecular formula is C17H21N9. The molecular weight excluding hydrogens is 330 g/mol. The number of nitrogens with two attached hydrogens (primary N) is 1. The average Bonchev–Trinajstić information content (AvgIpc) is 3.07. The minimum Gasteiger partial charge on any atom is -0.368 e. The fourth-order valence-electron chi connectivity index (χ4n) is 3.25. The van der Waals surface area contributed by atoms with E-state index >= 15 is 0 Å². The van der Waals surface area contributed by atoms with Gasteiger partial charge in [-0.05, 0) is 12.5 Å². The van der Waals surface area contributed by atoms with E-state index in [1.165, 1.54) is 0 Å². The molecule has 1 aliphatic heterocycles. The molecule has 3 aromatic rings. The number of H-pyrrole nitrogens is 1. The summed E-state index contributed by atoms with van der Waals surface area (Å²) >= 11 is 0. The summed E-state index contributed by atoms with van der Waals surface area (Å²) in [5.74, 6) is 2.78. The summed E-state index contributed by atoms with van der Waals surface area (Å²) < 4.78 is 0. The van der Waals surface area contributed by atoms with Crippen LogP contribution >= 0.6 is 0 Å². The van der Waals surface area contributed by atoms with E-state index in [0.717, 1.165) is 54.8 Å². The molecule has 0 unspecified atom stereocenters. The molecule has 0 spiro atoms. The summed E-state index contributed by atoms with van der Waals surface area (Å²) in [5, 5.41) is 0. The highest BCUT2D eigenvalue weighted by Gasteiger charge is 2.23. The van der Waals surface area contributed by atoms with Gasteiger partial charge in [0.2, 0.25) is 11.9 Å². The third kappa shape index (κ3) is 3.28. The Morgan fingerprint density at radius 2 is 1.92 bits per heavy atom. The summed E-state index contributed by atoms with van der Waals surface area (Å²) in [6.07, 6.45) is 8.68. The van der Waals surface area contributed by atoms with Crippen molar-refractivity contribution in [3.8, 4) is 0 Å². The fourth-order valence-corrected chi connectivity index (χ4v) is 3.25. The minimum absolute atomic E-state index is 0.300. The van der Waals surface area contributed by atoms with Gasteiger partial charge in [0, 0.05) is 56.9 Å². The fraction of sp³-hybridized carbons (Fsp3) is 0.353. The van der Waals surface area contributed by atoms with Gasteiger partial charge in [0.15, 0.2) is 0 Å². The average molecular weight is 351 g/mol. The molecule has 0 fully saturated rings. The first kappa shape index (κ1) is 16.2. The zero-order chi connectivity index (χ0) is 17.9. The van der Waals surface area contributed by atoms with E-state index in [-0.39, 0.29) is 0 Å². The summed E-state index contributed by atoms with van der Waals surface area (Å²) in [4.78, 5) is 29.4. The van der Waals surface area contributed by atoms with Crippen LogP contribution < -0.4 is 15.5 Å². The Labute approximate surface area is 151 Å². The topological polar surface area (TPSA) is 113 Å². The lowest BCUT2D eigenvalue weighted by atomic mass is 10.1. The van der Waals surface area contributed by atoms with E-state index in [1.54, 1.807) is 18.6 Å². The van der Waals surface area contributed by atoms with Gasteiger partial charge in [-0.3, -0.25) is 0 Å². The number of hydrogen-bond acceptors (Lipinski definition) is 8. The smallest absolute Gasteiger partial charge is 0.225 e. The number of nitrogens with one attached hydrogen (secondary N) is 1. The lowest BCUT2D eigenvalue weighted by Crippen LogP contribution is -2.27. The molecule has 1 aliphatic rings. The Morgan fingerprint density at radius 1 is 1.12 bits per heavy atom. The van der Waals surface area contributed by atoms with Crippen LogP contribution in [0.5, 0.6) is 0 Å². The Balaban J connectivity index is 1.61. The van der Waals surface area contributed by atoms with Gasteiger partial charge in [-0.15, -0.1) is 0 Å². The van der Waals surface area contributed by atoms with Gasteiger partial charge in [0.1, 0.15) is 11.6 Å². The maximum Gasteiger partial charge on any atom is 0.225 e. The predicted octanol–water partition coefficient (Wildman–Crippen LogP) is 0.813. The Morgan fingerprint density at radius 3 is 2.69 bits per heavy atom. The molecule has 0 amide bonds. The number of imidazole rings is 1. The van der Waals surface area contributed by atoms with Crippen molar-refractivity contribution in [2.75, 3.05) is 35.7 Å². The summed E-state index contributed by atoms with van der Waals surface area (Å²) in [5.41, 5.74) is 8.11. The highest BCUT2D eigenvalue weighted by molar-refractivity contribution is 5.53. The number of rotatable bonds is 4. The SMILES string of the molecule is CN(Cc1ncc[nH]1)c1nc(N)nc2c1CCN(c1ncccn1)CC2. The van der Waals surface area contributed by atoms with Crippen LogP contribution in [-0.4, -0.2) is 50.0 Å². The number of aromatic amines is 1. The third-order valence-electron chi connectivity index (χ3n) is 4.48. The maximum absolute atomic E-state index is 5.98. The van der Waals surface area contributed by atoms with Crippen molar-refractivity contribution in [3.63, 3.8) is 0 Å². The molecule has 0 aromatic carbocycles. The molecule has 134 valence electrons. The monoisotopic (exact) mass is 351 g/mol. The van der Waals surface area contributed by atoms with E-state index in [4.69, 9.17) is 5.73 Å². The number of fused-ring (bicyclic) bond motifs is 1. The second kappa shape index (κ2) is 6.95. The molecule has 3 N–H and O–H groups in total. The van der Waals surface area contributed by atoms with Crippen LogP contribution in [0.15, 0.2) is 30.9 Å². The van der Waals surface area contributed by atoms with Crippen LogP contribution in [0.3, 0.4) is 0 Å². The van der Waals surface area contributed by atoms with E-state index in [9.17, 15) is 0 Å². The molecule has 0 radical (unpaired) electrons. The summed E-state index contributed by atoms with van der Waals surface area (Å²) in [6, 6.07) is 1.82. The number of anilines is 3. The van der Waals surface area contributed by atoms with Crippen LogP contribution in [-0.2, 0) is 19.4 Å². The van der Waals surface area contributed by atoms with Crippen LogP contribution in [0.4, 0.5) is 17.7 Å². The van der Waals surface area contributed by atoms with Gasteiger partial charge in [0.05, 0.1) is 12.2 Å². The molecule has 0 bridgehead atoms. The van der Waals surface area contributed by atoms with Gasteiger partial charge in [-0.1, -0.05) is 0 Å². The third-order valence-corrected chi connectivity index (χ3v) is 4.48. The lowest BCUT2D eigenvalue weighted by molar-refractivity contribution is 0.768. The largest absolute Gasteiger partial charge is 0.368 e. The first-order valence-corrected chi connectivity index (χ1v) is 8.57. The maximum atomic E-state index is 5.98. The first-order valence-electron chi connectivity index (χ1n) is 8.57. The lowest BCUT2D eigenvalue weighted by Gasteiger charge is -2.22. The van der Waals surface area contributed by atoms with Crippen molar-refractivity contribution < 1.29 is 0 Å². The quantitative estimate of drug-likeness (QED) is 0.710. The molecule has 0 saturated heterocycles. The van der Waals surface area contributed by atoms with Crippen LogP contribution in [0, 0.1) is 0 Å². The van der Waals surface area contributed by atoms with Crippen molar-refractivity contribution in [2.45, 2.75) is 19.4 Å². The van der Waals surface area contributed by atoms with Crippen molar-refractivity contribution in [1.82, 2.24) is 29.9 Å². The normalized spacial score (nSPS) is 14.0. The molecule has 3 aromatic heterocycles. The second-order valence-corrected chi connectivity index (χ2v) is 6.26. The summed E-state index contributed by atoms with van der Waals surface area (Å²) in [6.45, 7) is 2.24. The van der Waals surface area contributed by atoms with Crippen molar-refractivity contribution in [2.24, 2.45) is 0 Å². The summed E-state index contributed by atoms with van der Waals surface area (Å²) in [7, 11) is 1.99. The standard InChI is InChI=1S/C17H21N9/c1-25(11-14-19-7-8-20-14)15-12-3-9-26(17-21-5-2-6-22-17)10-4-13(12)23-16(18)24-15/h2,5-8H,3-4,9-11H2,1H3,(H,19,20)(H2,18,23,24). The van der Waals surface area contributed by atoms with Gasteiger partial charge in [-0.2, -0.15) is 4.98 Å². The van der Waals surface area contributed by atoms with Crippen molar-refractivity contribution >= 4 is 17.7 Å². The zero-order valence-corrected chi connectivity index (χ0v) is 14.6. The van der Waals surface area contributed by atoms with E-state index in [1.807, 2.05) is 19.3 Å². The van der Waals surface area contributed by atoms with Crippen molar-refractivity contribution in [3.05, 3.63) is 47.9 Å². The highest BCUT2D eigenvalue weighted by Crippen LogP contribution is 2.26. The van der Waals surface area contributed by atoms with E-state index < -0.39 is 0 Å². The van der Waals surface area contributed by atoms with Gasteiger partial charge in [0.25, 0.3) is 0 Å². The second-order valence-electron chi connectivity index (χ2n) is 6.26. The van der Waals surface area contributed by atoms with Gasteiger partial charge < -0.3 is 20.5 Å². The predicted molar refractivity (Wildman–Crippen MR) is 98.8 cm³/mol. The molecule has 9 heteroatoms. The molecule has 0 atom stereocenters. The van der Waals surface area contributed by atoms with Crippen LogP contribution in [0.25, 0.3) is 0 Å². The molecule has 26 heavy (non-hydrogen) atoms. The van der Waals surface area contributed by atoms with Gasteiger partial charge in [-0.25, -0.2) is 19.9 Å². The number of nitrogens with zero attached hydrogens (tertiary/aromatic N) is 7. The first-order chi connectivity index (χ1) is 12.7. The van der Waals surface area contributed by atoms with E-state index in [0.29, 0.717) is 12.5 Å². The minimum atomic E-state index is 0.300. The van der Waals surface area contributed by atoms with E-state index in [2.05, 4.69) is 39.7 Å². The molecule has 0 aliphatic carbocycles. The number of aromatic nitrogens is 6. The Hall–Kier alpha value is -3.23. The highest BCUT2D eigenvalue weighted by atomic mass is 15.3.